The Morgan fingerprint density at radius 2 is 2.12 bits per heavy atom. The summed E-state index contributed by atoms with van der Waals surface area (Å²) in [6, 6.07) is -1.81. The molecule has 0 atom stereocenters. The molecule has 0 bridgehead atoms. The number of carbonyl (C=O) groups is 1. The molecule has 0 rings (SSSR count). The lowest BCUT2D eigenvalue weighted by Crippen LogP contribution is -2.17. The third kappa shape index (κ3) is 1.80. The summed E-state index contributed by atoms with van der Waals surface area (Å²) in [6.07, 6.45) is 0.818. The van der Waals surface area contributed by atoms with Crippen molar-refractivity contribution in [2.24, 2.45) is 0 Å². The average molecular weight is 157 g/mol. The molecule has 0 aliphatic heterocycles. The highest BCUT2D eigenvalue weighted by Gasteiger charge is 2.29. The van der Waals surface area contributed by atoms with Crippen molar-refractivity contribution >= 4 is 29.2 Å². The molecule has 0 heterocycles. The Labute approximate surface area is 56.1 Å². The molecule has 1 nitrogen and oxygen atoms in total. The molecule has 0 fully saturated rings. The van der Waals surface area contributed by atoms with Gasteiger partial charge in [-0.05, 0) is 6.08 Å². The predicted molar refractivity (Wildman–Crippen MR) is 30.7 cm³/mol. The molecular weight excluding hydrogens is 154 g/mol. The van der Waals surface area contributed by atoms with Gasteiger partial charge in [0.1, 0.15) is 0 Å². The fourth-order valence-corrected chi connectivity index (χ4v) is 0.0802. The number of allylic oxidation sites excluding steroid dienone is 1. The molecule has 0 amide bonds. The minimum absolute atomic E-state index is 0.818. The second-order valence-electron chi connectivity index (χ2n) is 1.10. The molecule has 0 unspecified atom stereocenters. The van der Waals surface area contributed by atoms with Crippen molar-refractivity contribution in [3.05, 3.63) is 12.7 Å². The summed E-state index contributed by atoms with van der Waals surface area (Å²) in [5.74, 6) is 0. The van der Waals surface area contributed by atoms with Crippen LogP contribution in [0.5, 0.6) is 0 Å². The zero-order valence-corrected chi connectivity index (χ0v) is 5.34. The van der Waals surface area contributed by atoms with Gasteiger partial charge < -0.3 is 0 Å². The van der Waals surface area contributed by atoms with Crippen LogP contribution >= 0.6 is 23.2 Å². The third-order valence-corrected chi connectivity index (χ3v) is 1.12. The normalized spacial score (nSPS) is 10.9. The van der Waals surface area contributed by atoms with E-state index >= 15 is 0 Å². The molecule has 0 saturated carbocycles. The van der Waals surface area contributed by atoms with Crippen molar-refractivity contribution < 1.29 is 9.18 Å². The molecule has 0 saturated heterocycles. The molecule has 8 heavy (non-hydrogen) atoms. The Morgan fingerprint density at radius 3 is 2.12 bits per heavy atom. The maximum absolute atomic E-state index is 11.5. The van der Waals surface area contributed by atoms with E-state index in [1.54, 1.807) is 0 Å². The van der Waals surface area contributed by atoms with Crippen molar-refractivity contribution in [3.8, 4) is 0 Å². The van der Waals surface area contributed by atoms with Gasteiger partial charge in [-0.25, -0.2) is 0 Å². The summed E-state index contributed by atoms with van der Waals surface area (Å²) in [5.41, 5.74) is 0. The molecular formula is C4H3Cl2FO. The first-order valence-corrected chi connectivity index (χ1v) is 2.47. The van der Waals surface area contributed by atoms with Gasteiger partial charge in [0.05, 0.1) is 0 Å². The number of halogens is 3. The number of carbonyl (C=O) groups excluding carboxylic acids is 1. The van der Waals surface area contributed by atoms with Crippen molar-refractivity contribution in [2.45, 2.75) is 4.33 Å². The summed E-state index contributed by atoms with van der Waals surface area (Å²) < 4.78 is 9.45. The summed E-state index contributed by atoms with van der Waals surface area (Å²) in [4.78, 5) is 9.69. The Kier molecular flexibility index (Phi) is 2.44. The van der Waals surface area contributed by atoms with Crippen LogP contribution in [-0.2, 0) is 4.79 Å². The first-order chi connectivity index (χ1) is 3.50. The lowest BCUT2D eigenvalue weighted by Gasteiger charge is -2.03. The second-order valence-corrected chi connectivity index (χ2v) is 2.49. The zero-order valence-electron chi connectivity index (χ0n) is 3.83. The van der Waals surface area contributed by atoms with Gasteiger partial charge in [-0.1, -0.05) is 29.8 Å². The summed E-state index contributed by atoms with van der Waals surface area (Å²) in [6.45, 7) is 3.03. The fourth-order valence-electron chi connectivity index (χ4n) is 0.0802. The lowest BCUT2D eigenvalue weighted by molar-refractivity contribution is -0.128. The van der Waals surface area contributed by atoms with Crippen LogP contribution in [0.2, 0.25) is 0 Å². The van der Waals surface area contributed by atoms with E-state index in [9.17, 15) is 9.18 Å². The van der Waals surface area contributed by atoms with Gasteiger partial charge in [-0.15, -0.1) is 0 Å². The quantitative estimate of drug-likeness (QED) is 0.339. The van der Waals surface area contributed by atoms with Crippen molar-refractivity contribution in [3.63, 3.8) is 0 Å². The molecule has 0 aliphatic rings. The van der Waals surface area contributed by atoms with Crippen LogP contribution in [0.15, 0.2) is 12.7 Å². The number of alkyl halides is 2. The summed E-state index contributed by atoms with van der Waals surface area (Å²) in [5, 5.41) is 0. The summed E-state index contributed by atoms with van der Waals surface area (Å²) >= 11 is 9.96. The van der Waals surface area contributed by atoms with Gasteiger partial charge in [0.15, 0.2) is 0 Å². The number of hydrogen-bond donors (Lipinski definition) is 0. The smallest absolute Gasteiger partial charge is 0.257 e. The van der Waals surface area contributed by atoms with Gasteiger partial charge in [0.25, 0.3) is 0 Å². The Morgan fingerprint density at radius 1 is 1.75 bits per heavy atom. The molecule has 0 radical (unpaired) electrons. The van der Waals surface area contributed by atoms with Crippen LogP contribution in [0.25, 0.3) is 0 Å². The zero-order chi connectivity index (χ0) is 6.78. The Balaban J connectivity index is 4.12. The Bertz CT molecular complexity index is 121. The highest BCUT2D eigenvalue weighted by molar-refractivity contribution is 6.58. The Hall–Kier alpha value is -0.0800. The van der Waals surface area contributed by atoms with Gasteiger partial charge >= 0.3 is 6.04 Å². The van der Waals surface area contributed by atoms with Crippen LogP contribution in [0, 0.1) is 0 Å². The maximum atomic E-state index is 11.5. The van der Waals surface area contributed by atoms with Crippen LogP contribution < -0.4 is 0 Å². The van der Waals surface area contributed by atoms with Crippen molar-refractivity contribution in [1.82, 2.24) is 0 Å². The largest absolute Gasteiger partial charge is 0.341 e. The van der Waals surface area contributed by atoms with Gasteiger partial charge in [-0.2, -0.15) is 4.39 Å². The van der Waals surface area contributed by atoms with E-state index < -0.39 is 10.4 Å². The molecule has 4 heteroatoms. The van der Waals surface area contributed by atoms with E-state index in [0.717, 1.165) is 6.08 Å². The molecule has 0 N–H and O–H groups in total. The molecule has 0 aromatic heterocycles. The first kappa shape index (κ1) is 7.92. The van der Waals surface area contributed by atoms with E-state index in [4.69, 9.17) is 23.2 Å². The van der Waals surface area contributed by atoms with Gasteiger partial charge in [0, 0.05) is 0 Å². The lowest BCUT2D eigenvalue weighted by atomic mass is 10.4. The first-order valence-electron chi connectivity index (χ1n) is 1.72. The maximum Gasteiger partial charge on any atom is 0.341 e. The van der Waals surface area contributed by atoms with E-state index in [0.29, 0.717) is 0 Å². The van der Waals surface area contributed by atoms with Crippen molar-refractivity contribution in [2.75, 3.05) is 0 Å². The average Bonchev–Trinajstić information content (AvgIpc) is 1.67. The summed E-state index contributed by atoms with van der Waals surface area (Å²) in [7, 11) is 0. The minimum atomic E-state index is -2.06. The van der Waals surface area contributed by atoms with Gasteiger partial charge in [-0.3, -0.25) is 4.79 Å². The predicted octanol–water partition coefficient (Wildman–Crippen LogP) is 1.84. The molecule has 0 aliphatic carbocycles. The van der Waals surface area contributed by atoms with Crippen LogP contribution in [0.1, 0.15) is 0 Å². The SMILES string of the molecule is C=CC(Cl)(Cl)C(=O)F. The number of hydrogen-bond acceptors (Lipinski definition) is 1. The van der Waals surface area contributed by atoms with E-state index in [1.807, 2.05) is 0 Å². The molecule has 0 aromatic carbocycles. The monoisotopic (exact) mass is 156 g/mol. The minimum Gasteiger partial charge on any atom is -0.257 e. The fraction of sp³-hybridized carbons (Fsp3) is 0.250. The number of rotatable bonds is 2. The third-order valence-electron chi connectivity index (χ3n) is 0.518. The second kappa shape index (κ2) is 2.46. The van der Waals surface area contributed by atoms with E-state index in [2.05, 4.69) is 6.58 Å². The van der Waals surface area contributed by atoms with E-state index in [1.165, 1.54) is 0 Å². The molecule has 0 aromatic rings. The highest BCUT2D eigenvalue weighted by atomic mass is 35.5. The highest BCUT2D eigenvalue weighted by Crippen LogP contribution is 2.23. The van der Waals surface area contributed by atoms with Crippen LogP contribution in [0.3, 0.4) is 0 Å². The van der Waals surface area contributed by atoms with Crippen LogP contribution in [0.4, 0.5) is 4.39 Å². The standard InChI is InChI=1S/C4H3Cl2FO/c1-2-4(5,6)3(7)8/h2H,1H2. The van der Waals surface area contributed by atoms with Crippen molar-refractivity contribution in [1.29, 1.82) is 0 Å². The van der Waals surface area contributed by atoms with Crippen LogP contribution in [-0.4, -0.2) is 10.4 Å². The van der Waals surface area contributed by atoms with E-state index in [-0.39, 0.29) is 0 Å². The topological polar surface area (TPSA) is 17.1 Å². The molecule has 46 valence electrons. The van der Waals surface area contributed by atoms with Gasteiger partial charge in [0.2, 0.25) is 4.33 Å². The molecule has 0 spiro atoms.